The summed E-state index contributed by atoms with van der Waals surface area (Å²) in [7, 11) is 0. The largest absolute Gasteiger partial charge is 0.508 e. The third kappa shape index (κ3) is 3.82. The normalized spacial score (nSPS) is 12.2. The van der Waals surface area contributed by atoms with Crippen molar-refractivity contribution in [1.82, 2.24) is 4.98 Å². The minimum Gasteiger partial charge on any atom is -0.508 e. The molecule has 2 N–H and O–H groups in total. The number of aryl methyl sites for hydroxylation is 1. The molecule has 1 aromatic heterocycles. The van der Waals surface area contributed by atoms with Crippen molar-refractivity contribution >= 4 is 44.8 Å². The average Bonchev–Trinajstić information content (AvgIpc) is 2.41. The molecule has 0 spiro atoms. The Kier molecular flexibility index (Phi) is 5.36. The van der Waals surface area contributed by atoms with Crippen molar-refractivity contribution in [2.24, 2.45) is 0 Å². The zero-order valence-corrected chi connectivity index (χ0v) is 14.7. The summed E-state index contributed by atoms with van der Waals surface area (Å²) >= 11 is 15.5. The molecule has 0 radical (unpaired) electrons. The van der Waals surface area contributed by atoms with Gasteiger partial charge in [-0.05, 0) is 43.2 Å². The van der Waals surface area contributed by atoms with Crippen LogP contribution in [0, 0.1) is 6.92 Å². The predicted molar refractivity (Wildman–Crippen MR) is 91.5 cm³/mol. The van der Waals surface area contributed by atoms with Crippen LogP contribution < -0.4 is 5.32 Å². The van der Waals surface area contributed by atoms with Crippen LogP contribution in [-0.2, 0) is 0 Å². The summed E-state index contributed by atoms with van der Waals surface area (Å²) in [6, 6.07) is 7.03. The van der Waals surface area contributed by atoms with Crippen molar-refractivity contribution in [3.63, 3.8) is 0 Å². The first kappa shape index (κ1) is 16.4. The van der Waals surface area contributed by atoms with Crippen LogP contribution in [-0.4, -0.2) is 10.1 Å². The fourth-order valence-corrected chi connectivity index (χ4v) is 3.11. The van der Waals surface area contributed by atoms with Crippen LogP contribution in [0.3, 0.4) is 0 Å². The minimum atomic E-state index is -0.0818. The van der Waals surface area contributed by atoms with Gasteiger partial charge in [-0.15, -0.1) is 0 Å². The lowest BCUT2D eigenvalue weighted by molar-refractivity contribution is 0.462. The molecule has 21 heavy (non-hydrogen) atoms. The molecule has 2 rings (SSSR count). The second kappa shape index (κ2) is 6.86. The van der Waals surface area contributed by atoms with Gasteiger partial charge in [-0.25, -0.2) is 4.98 Å². The molecule has 1 aromatic carbocycles. The summed E-state index contributed by atoms with van der Waals surface area (Å²) in [6.45, 7) is 3.94. The Morgan fingerprint density at radius 2 is 2.05 bits per heavy atom. The molecular formula is C15H15BrCl2N2O. The summed E-state index contributed by atoms with van der Waals surface area (Å²) in [5.74, 6) is 0.244. The number of aromatic nitrogens is 1. The highest BCUT2D eigenvalue weighted by molar-refractivity contribution is 9.10. The maximum absolute atomic E-state index is 10.1. The number of nitrogens with one attached hydrogen (secondary N) is 1. The van der Waals surface area contributed by atoms with E-state index in [4.69, 9.17) is 23.2 Å². The maximum Gasteiger partial charge on any atom is 0.154 e. The SMILES string of the molecule is CCC(Nc1c(C)cc(Cl)nc1Cl)c1cc(Br)ccc1O. The number of phenols is 1. The summed E-state index contributed by atoms with van der Waals surface area (Å²) < 4.78 is 0.910. The van der Waals surface area contributed by atoms with Crippen LogP contribution in [0.4, 0.5) is 5.69 Å². The first-order chi connectivity index (χ1) is 9.92. The second-order valence-electron chi connectivity index (χ2n) is 4.74. The fourth-order valence-electron chi connectivity index (χ4n) is 2.15. The van der Waals surface area contributed by atoms with E-state index in [2.05, 4.69) is 26.2 Å². The summed E-state index contributed by atoms with van der Waals surface area (Å²) in [6.07, 6.45) is 0.780. The first-order valence-electron chi connectivity index (χ1n) is 6.50. The minimum absolute atomic E-state index is 0.0818. The van der Waals surface area contributed by atoms with E-state index >= 15 is 0 Å². The highest BCUT2D eigenvalue weighted by atomic mass is 79.9. The molecule has 0 bridgehead atoms. The van der Waals surface area contributed by atoms with Gasteiger partial charge in [-0.2, -0.15) is 0 Å². The Balaban J connectivity index is 2.38. The lowest BCUT2D eigenvalue weighted by atomic mass is 10.0. The van der Waals surface area contributed by atoms with Crippen LogP contribution >= 0.6 is 39.1 Å². The molecule has 112 valence electrons. The molecule has 2 aromatic rings. The van der Waals surface area contributed by atoms with Crippen LogP contribution in [0.25, 0.3) is 0 Å². The number of pyridine rings is 1. The first-order valence-corrected chi connectivity index (χ1v) is 8.04. The molecule has 0 saturated heterocycles. The molecule has 1 unspecified atom stereocenters. The van der Waals surface area contributed by atoms with E-state index in [0.717, 1.165) is 27.7 Å². The molecule has 0 saturated carbocycles. The topological polar surface area (TPSA) is 45.2 Å². The number of anilines is 1. The number of hydrogen-bond donors (Lipinski definition) is 2. The summed E-state index contributed by atoms with van der Waals surface area (Å²) in [5.41, 5.74) is 2.44. The van der Waals surface area contributed by atoms with Crippen molar-refractivity contribution in [3.8, 4) is 5.75 Å². The second-order valence-corrected chi connectivity index (χ2v) is 6.40. The number of halogens is 3. The molecule has 0 amide bonds. The predicted octanol–water partition coefficient (Wildman–Crippen LogP) is 5.73. The van der Waals surface area contributed by atoms with E-state index in [0.29, 0.717) is 10.3 Å². The van der Waals surface area contributed by atoms with Crippen LogP contribution in [0.1, 0.15) is 30.5 Å². The molecular weight excluding hydrogens is 375 g/mol. The van der Waals surface area contributed by atoms with E-state index in [9.17, 15) is 5.11 Å². The van der Waals surface area contributed by atoms with Crippen LogP contribution in [0.5, 0.6) is 5.75 Å². The zero-order chi connectivity index (χ0) is 15.6. The molecule has 1 heterocycles. The van der Waals surface area contributed by atoms with Gasteiger partial charge in [-0.3, -0.25) is 0 Å². The number of aromatic hydroxyl groups is 1. The standard InChI is InChI=1S/C15H15BrCl2N2O/c1-3-11(10-7-9(16)4-5-12(10)21)19-14-8(2)6-13(17)20-15(14)18/h4-7,11,19,21H,3H2,1-2H3. The van der Waals surface area contributed by atoms with Gasteiger partial charge in [0, 0.05) is 10.0 Å². The van der Waals surface area contributed by atoms with Crippen molar-refractivity contribution in [3.05, 3.63) is 50.2 Å². The van der Waals surface area contributed by atoms with E-state index in [1.807, 2.05) is 19.9 Å². The number of nitrogens with zero attached hydrogens (tertiary/aromatic N) is 1. The zero-order valence-electron chi connectivity index (χ0n) is 11.6. The van der Waals surface area contributed by atoms with E-state index < -0.39 is 0 Å². The molecule has 0 aliphatic carbocycles. The number of rotatable bonds is 4. The number of benzene rings is 1. The molecule has 1 atom stereocenters. The van der Waals surface area contributed by atoms with Gasteiger partial charge in [0.2, 0.25) is 0 Å². The summed E-state index contributed by atoms with van der Waals surface area (Å²) in [4.78, 5) is 4.05. The number of hydrogen-bond acceptors (Lipinski definition) is 3. The molecule has 6 heteroatoms. The third-order valence-corrected chi connectivity index (χ3v) is 4.19. The lowest BCUT2D eigenvalue weighted by Gasteiger charge is -2.22. The molecule has 0 aliphatic rings. The molecule has 0 aliphatic heterocycles. The summed E-state index contributed by atoms with van der Waals surface area (Å²) in [5, 5.41) is 14.1. The van der Waals surface area contributed by atoms with E-state index in [1.54, 1.807) is 18.2 Å². The highest BCUT2D eigenvalue weighted by Crippen LogP contribution is 2.35. The Morgan fingerprint density at radius 1 is 1.33 bits per heavy atom. The van der Waals surface area contributed by atoms with Gasteiger partial charge in [-0.1, -0.05) is 46.1 Å². The van der Waals surface area contributed by atoms with Gasteiger partial charge in [0.15, 0.2) is 5.15 Å². The van der Waals surface area contributed by atoms with Gasteiger partial charge < -0.3 is 10.4 Å². The number of phenolic OH excluding ortho intramolecular Hbond substituents is 1. The third-order valence-electron chi connectivity index (χ3n) is 3.23. The maximum atomic E-state index is 10.1. The van der Waals surface area contributed by atoms with Crippen LogP contribution in [0.15, 0.2) is 28.7 Å². The van der Waals surface area contributed by atoms with Crippen molar-refractivity contribution in [2.45, 2.75) is 26.3 Å². The Morgan fingerprint density at radius 3 is 2.67 bits per heavy atom. The smallest absolute Gasteiger partial charge is 0.154 e. The van der Waals surface area contributed by atoms with E-state index in [1.165, 1.54) is 0 Å². The average molecular weight is 390 g/mol. The van der Waals surface area contributed by atoms with Crippen molar-refractivity contribution in [1.29, 1.82) is 0 Å². The fraction of sp³-hybridized carbons (Fsp3) is 0.267. The van der Waals surface area contributed by atoms with Crippen LogP contribution in [0.2, 0.25) is 10.3 Å². The Bertz CT molecular complexity index is 641. The van der Waals surface area contributed by atoms with E-state index in [-0.39, 0.29) is 11.8 Å². The van der Waals surface area contributed by atoms with Gasteiger partial charge in [0.1, 0.15) is 10.9 Å². The quantitative estimate of drug-likeness (QED) is 0.656. The van der Waals surface area contributed by atoms with Gasteiger partial charge in [0.25, 0.3) is 0 Å². The Hall–Kier alpha value is -0.970. The van der Waals surface area contributed by atoms with Gasteiger partial charge >= 0.3 is 0 Å². The Labute approximate surface area is 142 Å². The van der Waals surface area contributed by atoms with Crippen molar-refractivity contribution in [2.75, 3.05) is 5.32 Å². The van der Waals surface area contributed by atoms with Gasteiger partial charge in [0.05, 0.1) is 11.7 Å². The molecule has 0 fully saturated rings. The molecule has 3 nitrogen and oxygen atoms in total. The highest BCUT2D eigenvalue weighted by Gasteiger charge is 2.17. The van der Waals surface area contributed by atoms with Crippen molar-refractivity contribution < 1.29 is 5.11 Å². The lowest BCUT2D eigenvalue weighted by Crippen LogP contribution is -2.12. The monoisotopic (exact) mass is 388 g/mol.